The molecule has 1 fully saturated rings. The summed E-state index contributed by atoms with van der Waals surface area (Å²) in [4.78, 5) is 14.9. The van der Waals surface area contributed by atoms with E-state index in [4.69, 9.17) is 11.6 Å². The molecule has 0 spiro atoms. The summed E-state index contributed by atoms with van der Waals surface area (Å²) in [5, 5.41) is -1.18. The van der Waals surface area contributed by atoms with Crippen LogP contribution in [0.15, 0.2) is 33.2 Å². The third kappa shape index (κ3) is 3.70. The Morgan fingerprint density at radius 3 is 2.81 bits per heavy atom. The van der Waals surface area contributed by atoms with Gasteiger partial charge in [-0.05, 0) is 53.6 Å². The number of amidine groups is 1. The van der Waals surface area contributed by atoms with Crippen LogP contribution in [0.25, 0.3) is 0 Å². The van der Waals surface area contributed by atoms with Crippen molar-refractivity contribution >= 4 is 67.8 Å². The summed E-state index contributed by atoms with van der Waals surface area (Å²) in [6.45, 7) is 0. The van der Waals surface area contributed by atoms with Gasteiger partial charge in [-0.15, -0.1) is 11.6 Å². The van der Waals surface area contributed by atoms with Crippen molar-refractivity contribution < 1.29 is 12.8 Å². The van der Waals surface area contributed by atoms with Crippen LogP contribution in [0.1, 0.15) is 12.8 Å². The van der Waals surface area contributed by atoms with E-state index in [2.05, 4.69) is 19.7 Å². The van der Waals surface area contributed by atoms with Crippen LogP contribution in [-0.2, 0) is 10.0 Å². The summed E-state index contributed by atoms with van der Waals surface area (Å²) in [6, 6.07) is 4.17. The maximum absolute atomic E-state index is 14.3. The highest BCUT2D eigenvalue weighted by atomic mass is 127. The molecule has 0 amide bonds. The third-order valence-electron chi connectivity index (χ3n) is 4.56. The number of likely N-dealkylation sites (N-methyl/N-ethyl adjacent to an activating group) is 1. The van der Waals surface area contributed by atoms with E-state index in [1.54, 1.807) is 24.4 Å². The van der Waals surface area contributed by atoms with Gasteiger partial charge >= 0.3 is 0 Å². The van der Waals surface area contributed by atoms with Crippen LogP contribution in [0, 0.1) is 9.39 Å². The van der Waals surface area contributed by atoms with E-state index in [1.165, 1.54) is 12.1 Å². The van der Waals surface area contributed by atoms with Gasteiger partial charge < -0.3 is 4.90 Å². The molecule has 11 heteroatoms. The minimum Gasteiger partial charge on any atom is -0.342 e. The Morgan fingerprint density at radius 1 is 1.41 bits per heavy atom. The topological polar surface area (TPSA) is 86.5 Å². The van der Waals surface area contributed by atoms with Gasteiger partial charge in [-0.2, -0.15) is 0 Å². The molecule has 7 nitrogen and oxygen atoms in total. The molecule has 2 heterocycles. The number of sulfonamides is 1. The minimum atomic E-state index is -3.57. The van der Waals surface area contributed by atoms with Crippen molar-refractivity contribution in [3.8, 4) is 0 Å². The van der Waals surface area contributed by atoms with Gasteiger partial charge in [-0.1, -0.05) is 0 Å². The molecule has 0 bridgehead atoms. The number of halogens is 3. The van der Waals surface area contributed by atoms with Crippen LogP contribution in [0.2, 0.25) is 0 Å². The van der Waals surface area contributed by atoms with Crippen LogP contribution in [-0.4, -0.2) is 61.1 Å². The van der Waals surface area contributed by atoms with Crippen LogP contribution < -0.4 is 4.72 Å². The van der Waals surface area contributed by atoms with E-state index in [0.717, 1.165) is 3.57 Å². The maximum atomic E-state index is 14.3. The summed E-state index contributed by atoms with van der Waals surface area (Å²) in [6.07, 6.45) is 2.40. The molecule has 3 unspecified atom stereocenters. The molecule has 4 rings (SSSR count). The lowest BCUT2D eigenvalue weighted by Gasteiger charge is -2.31. The Kier molecular flexibility index (Phi) is 4.91. The first-order chi connectivity index (χ1) is 12.8. The second-order valence-electron chi connectivity index (χ2n) is 6.65. The van der Waals surface area contributed by atoms with Crippen molar-refractivity contribution in [3.05, 3.63) is 27.6 Å². The molecule has 0 aromatic heterocycles. The lowest BCUT2D eigenvalue weighted by Crippen LogP contribution is -2.53. The van der Waals surface area contributed by atoms with E-state index in [1.807, 2.05) is 22.6 Å². The van der Waals surface area contributed by atoms with Gasteiger partial charge in [0.2, 0.25) is 10.0 Å². The van der Waals surface area contributed by atoms with Gasteiger partial charge in [-0.25, -0.2) is 22.8 Å². The number of fused-ring (bicyclic) bond motifs is 1. The zero-order valence-electron chi connectivity index (χ0n) is 14.2. The normalized spacial score (nSPS) is 29.0. The monoisotopic (exact) mass is 523 g/mol. The van der Waals surface area contributed by atoms with Crippen molar-refractivity contribution in [2.24, 2.45) is 15.0 Å². The van der Waals surface area contributed by atoms with Crippen LogP contribution in [0.3, 0.4) is 0 Å². The Labute approximate surface area is 175 Å². The molecule has 1 N–H and O–H groups in total. The van der Waals surface area contributed by atoms with Crippen molar-refractivity contribution in [1.82, 2.24) is 9.62 Å². The Balaban J connectivity index is 1.78. The third-order valence-corrected chi connectivity index (χ3v) is 7.52. The first kappa shape index (κ1) is 19.1. The zero-order valence-corrected chi connectivity index (χ0v) is 17.9. The Bertz CT molecular complexity index is 979. The standard InChI is InChI=1S/C16H16ClFIN5O2S/c1-24-7-20-14-12(17)13(21-11-5-2-8(19)6-10(11)18)15(22-16(14)24)23-27(25,26)9-3-4-9/h2,5-7,9,12,14,16H,3-4H2,1H3,(H,22,23). The molecule has 1 aromatic rings. The highest BCUT2D eigenvalue weighted by Gasteiger charge is 2.45. The summed E-state index contributed by atoms with van der Waals surface area (Å²) in [5.74, 6) is -0.463. The number of nitrogens with one attached hydrogen (secondary N) is 1. The second-order valence-corrected chi connectivity index (χ2v) is 10.3. The predicted molar refractivity (Wildman–Crippen MR) is 112 cm³/mol. The molecule has 144 valence electrons. The van der Waals surface area contributed by atoms with Crippen molar-refractivity contribution in [3.63, 3.8) is 0 Å². The average molecular weight is 524 g/mol. The molecule has 1 aliphatic carbocycles. The average Bonchev–Trinajstić information content (AvgIpc) is 3.39. The van der Waals surface area contributed by atoms with Crippen molar-refractivity contribution in [2.45, 2.75) is 35.7 Å². The van der Waals surface area contributed by atoms with Gasteiger partial charge in [0, 0.05) is 10.6 Å². The fraction of sp³-hybridized carbons (Fsp3) is 0.438. The first-order valence-electron chi connectivity index (χ1n) is 8.29. The number of rotatable bonds is 3. The van der Waals surface area contributed by atoms with Gasteiger partial charge in [0.05, 0.1) is 17.3 Å². The SMILES string of the molecule is CN1C=NC2C(Cl)C(=Nc3ccc(I)cc3F)C(NS(=O)(=O)C3CC3)=NC21. The number of benzene rings is 1. The van der Waals surface area contributed by atoms with Crippen LogP contribution in [0.5, 0.6) is 0 Å². The molecule has 2 aliphatic heterocycles. The highest BCUT2D eigenvalue weighted by molar-refractivity contribution is 14.1. The molecule has 1 saturated carbocycles. The molecule has 3 aliphatic rings. The maximum Gasteiger partial charge on any atom is 0.236 e. The minimum absolute atomic E-state index is 0.0541. The van der Waals surface area contributed by atoms with E-state index in [0.29, 0.717) is 12.8 Å². The number of hydrogen-bond acceptors (Lipinski definition) is 6. The van der Waals surface area contributed by atoms with Gasteiger partial charge in [-0.3, -0.25) is 9.71 Å². The summed E-state index contributed by atoms with van der Waals surface area (Å²) in [7, 11) is -1.79. The van der Waals surface area contributed by atoms with E-state index >= 15 is 0 Å². The van der Waals surface area contributed by atoms with E-state index < -0.39 is 38.7 Å². The quantitative estimate of drug-likeness (QED) is 0.487. The molecular formula is C16H16ClFIN5O2S. The number of aliphatic imine (C=N–C) groups is 3. The lowest BCUT2D eigenvalue weighted by molar-refractivity contribution is 0.368. The van der Waals surface area contributed by atoms with Crippen molar-refractivity contribution in [1.29, 1.82) is 0 Å². The zero-order chi connectivity index (χ0) is 19.3. The number of hydrogen-bond donors (Lipinski definition) is 1. The van der Waals surface area contributed by atoms with Crippen LogP contribution in [0.4, 0.5) is 10.1 Å². The smallest absolute Gasteiger partial charge is 0.236 e. The van der Waals surface area contributed by atoms with Crippen LogP contribution >= 0.6 is 34.2 Å². The second kappa shape index (κ2) is 6.96. The molecule has 0 saturated heterocycles. The van der Waals surface area contributed by atoms with Gasteiger partial charge in [0.1, 0.15) is 29.1 Å². The van der Waals surface area contributed by atoms with E-state index in [-0.39, 0.29) is 17.2 Å². The molecule has 3 atom stereocenters. The fourth-order valence-electron chi connectivity index (χ4n) is 2.94. The highest BCUT2D eigenvalue weighted by Crippen LogP contribution is 2.31. The van der Waals surface area contributed by atoms with Crippen molar-refractivity contribution in [2.75, 3.05) is 7.05 Å². The summed E-state index contributed by atoms with van der Waals surface area (Å²) in [5.41, 5.74) is 0.248. The van der Waals surface area contributed by atoms with E-state index in [9.17, 15) is 12.8 Å². The molecular weight excluding hydrogens is 508 g/mol. The largest absolute Gasteiger partial charge is 0.342 e. The lowest BCUT2D eigenvalue weighted by atomic mass is 10.0. The number of alkyl halides is 1. The number of nitrogens with zero attached hydrogens (tertiary/aromatic N) is 4. The first-order valence-corrected chi connectivity index (χ1v) is 11.3. The summed E-state index contributed by atoms with van der Waals surface area (Å²) < 4.78 is 42.4. The Morgan fingerprint density at radius 2 is 2.15 bits per heavy atom. The Hall–Kier alpha value is -1.27. The van der Waals surface area contributed by atoms with Gasteiger partial charge in [0.15, 0.2) is 5.84 Å². The summed E-state index contributed by atoms with van der Waals surface area (Å²) >= 11 is 8.59. The fourth-order valence-corrected chi connectivity index (χ4v) is 5.10. The molecule has 1 aromatic carbocycles. The predicted octanol–water partition coefficient (Wildman–Crippen LogP) is 2.27. The molecule has 0 radical (unpaired) electrons. The molecule has 27 heavy (non-hydrogen) atoms. The van der Waals surface area contributed by atoms with Gasteiger partial charge in [0.25, 0.3) is 0 Å².